The van der Waals surface area contributed by atoms with Gasteiger partial charge < -0.3 is 9.15 Å². The standard InChI is InChI=1S/C18H19N3O3S/c1-11-5-6-12(2)15(9-11)21-17(14-7-8-24-13(14)3)19-20-18(21)25-10-16(22)23-4/h5-9H,10H2,1-4H3. The normalized spacial score (nSPS) is 10.9. The van der Waals surface area contributed by atoms with Crippen LogP contribution < -0.4 is 0 Å². The summed E-state index contributed by atoms with van der Waals surface area (Å²) in [4.78, 5) is 11.5. The van der Waals surface area contributed by atoms with Gasteiger partial charge in [0.05, 0.1) is 30.4 Å². The molecule has 6 nitrogen and oxygen atoms in total. The van der Waals surface area contributed by atoms with Crippen molar-refractivity contribution in [3.8, 4) is 17.1 Å². The second kappa shape index (κ2) is 7.14. The van der Waals surface area contributed by atoms with Crippen molar-refractivity contribution in [1.82, 2.24) is 14.8 Å². The molecule has 7 heteroatoms. The maximum Gasteiger partial charge on any atom is 0.316 e. The molecule has 0 N–H and O–H groups in total. The highest BCUT2D eigenvalue weighted by atomic mass is 32.2. The van der Waals surface area contributed by atoms with Gasteiger partial charge in [0, 0.05) is 0 Å². The first-order chi connectivity index (χ1) is 12.0. The molecule has 0 saturated heterocycles. The topological polar surface area (TPSA) is 70.2 Å². The van der Waals surface area contributed by atoms with E-state index in [-0.39, 0.29) is 11.7 Å². The van der Waals surface area contributed by atoms with Crippen LogP contribution in [-0.4, -0.2) is 33.6 Å². The molecule has 0 amide bonds. The van der Waals surface area contributed by atoms with E-state index < -0.39 is 0 Å². The minimum atomic E-state index is -0.304. The molecule has 0 saturated carbocycles. The van der Waals surface area contributed by atoms with E-state index in [0.717, 1.165) is 28.1 Å². The van der Waals surface area contributed by atoms with Gasteiger partial charge in [0.25, 0.3) is 0 Å². The molecule has 0 aliphatic carbocycles. The zero-order valence-corrected chi connectivity index (χ0v) is 15.4. The maximum absolute atomic E-state index is 11.5. The average molecular weight is 357 g/mol. The van der Waals surface area contributed by atoms with Gasteiger partial charge in [-0.3, -0.25) is 9.36 Å². The Hall–Kier alpha value is -2.54. The monoisotopic (exact) mass is 357 g/mol. The maximum atomic E-state index is 11.5. The van der Waals surface area contributed by atoms with Crippen molar-refractivity contribution in [1.29, 1.82) is 0 Å². The number of carbonyl (C=O) groups is 1. The second-order valence-corrected chi connectivity index (χ2v) is 6.63. The lowest BCUT2D eigenvalue weighted by Crippen LogP contribution is -2.06. The van der Waals surface area contributed by atoms with Gasteiger partial charge in [-0.05, 0) is 44.0 Å². The van der Waals surface area contributed by atoms with Crippen LogP contribution in [0.4, 0.5) is 0 Å². The number of aromatic nitrogens is 3. The Balaban J connectivity index is 2.14. The lowest BCUT2D eigenvalue weighted by Gasteiger charge is -2.13. The number of thioether (sulfide) groups is 1. The van der Waals surface area contributed by atoms with E-state index in [0.29, 0.717) is 11.0 Å². The van der Waals surface area contributed by atoms with Gasteiger partial charge in [0.2, 0.25) is 0 Å². The van der Waals surface area contributed by atoms with Crippen LogP contribution in [0.3, 0.4) is 0 Å². The van der Waals surface area contributed by atoms with Crippen LogP contribution in [0.2, 0.25) is 0 Å². The molecule has 0 aliphatic heterocycles. The fourth-order valence-electron chi connectivity index (χ4n) is 2.51. The molecule has 0 fully saturated rings. The van der Waals surface area contributed by atoms with E-state index in [9.17, 15) is 4.79 Å². The Morgan fingerprint density at radius 1 is 1.24 bits per heavy atom. The highest BCUT2D eigenvalue weighted by Crippen LogP contribution is 2.31. The molecular formula is C18H19N3O3S. The van der Waals surface area contributed by atoms with Crippen molar-refractivity contribution >= 4 is 17.7 Å². The number of benzene rings is 1. The molecule has 130 valence electrons. The van der Waals surface area contributed by atoms with Gasteiger partial charge in [-0.1, -0.05) is 23.9 Å². The molecule has 25 heavy (non-hydrogen) atoms. The summed E-state index contributed by atoms with van der Waals surface area (Å²) in [7, 11) is 1.37. The molecule has 3 rings (SSSR count). The summed E-state index contributed by atoms with van der Waals surface area (Å²) in [6, 6.07) is 8.08. The van der Waals surface area contributed by atoms with Crippen molar-refractivity contribution in [2.24, 2.45) is 0 Å². The first kappa shape index (κ1) is 17.3. The minimum absolute atomic E-state index is 0.171. The van der Waals surface area contributed by atoms with Crippen LogP contribution in [0, 0.1) is 20.8 Å². The van der Waals surface area contributed by atoms with Crippen LogP contribution in [0.15, 0.2) is 40.1 Å². The predicted molar refractivity (Wildman–Crippen MR) is 96.0 cm³/mol. The minimum Gasteiger partial charge on any atom is -0.469 e. The number of nitrogens with zero attached hydrogens (tertiary/aromatic N) is 3. The van der Waals surface area contributed by atoms with E-state index in [1.165, 1.54) is 18.9 Å². The number of carbonyl (C=O) groups excluding carboxylic acids is 1. The molecule has 0 radical (unpaired) electrons. The van der Waals surface area contributed by atoms with E-state index >= 15 is 0 Å². The number of esters is 1. The Kier molecular flexibility index (Phi) is 4.94. The smallest absolute Gasteiger partial charge is 0.316 e. The van der Waals surface area contributed by atoms with Crippen LogP contribution in [0.1, 0.15) is 16.9 Å². The summed E-state index contributed by atoms with van der Waals surface area (Å²) in [5.41, 5.74) is 4.08. The Bertz CT molecular complexity index is 914. The Labute approximate surface area is 150 Å². The molecular weight excluding hydrogens is 338 g/mol. The molecule has 3 aromatic rings. The highest BCUT2D eigenvalue weighted by Gasteiger charge is 2.20. The summed E-state index contributed by atoms with van der Waals surface area (Å²) < 4.78 is 12.1. The van der Waals surface area contributed by atoms with Gasteiger partial charge in [0.1, 0.15) is 5.76 Å². The molecule has 0 aliphatic rings. The fraction of sp³-hybridized carbons (Fsp3) is 0.278. The summed E-state index contributed by atoms with van der Waals surface area (Å²) in [6.45, 7) is 5.96. The Morgan fingerprint density at radius 2 is 2.04 bits per heavy atom. The summed E-state index contributed by atoms with van der Waals surface area (Å²) in [5.74, 6) is 1.32. The van der Waals surface area contributed by atoms with Gasteiger partial charge >= 0.3 is 5.97 Å². The van der Waals surface area contributed by atoms with Crippen molar-refractivity contribution in [2.45, 2.75) is 25.9 Å². The lowest BCUT2D eigenvalue weighted by molar-refractivity contribution is -0.137. The van der Waals surface area contributed by atoms with Gasteiger partial charge in [0.15, 0.2) is 11.0 Å². The van der Waals surface area contributed by atoms with Gasteiger partial charge in [-0.15, -0.1) is 10.2 Å². The largest absolute Gasteiger partial charge is 0.469 e. The number of rotatable bonds is 5. The molecule has 0 unspecified atom stereocenters. The zero-order chi connectivity index (χ0) is 18.0. The molecule has 0 spiro atoms. The van der Waals surface area contributed by atoms with Crippen molar-refractivity contribution in [3.05, 3.63) is 47.4 Å². The van der Waals surface area contributed by atoms with Crippen molar-refractivity contribution in [2.75, 3.05) is 12.9 Å². The van der Waals surface area contributed by atoms with E-state index in [1.54, 1.807) is 6.26 Å². The van der Waals surface area contributed by atoms with E-state index in [1.807, 2.05) is 31.4 Å². The van der Waals surface area contributed by atoms with Crippen molar-refractivity contribution < 1.29 is 13.9 Å². The van der Waals surface area contributed by atoms with E-state index in [4.69, 9.17) is 9.15 Å². The predicted octanol–water partition coefficient (Wildman–Crippen LogP) is 3.72. The number of ether oxygens (including phenoxy) is 1. The van der Waals surface area contributed by atoms with Crippen LogP contribution in [-0.2, 0) is 9.53 Å². The lowest BCUT2D eigenvalue weighted by atomic mass is 10.1. The quantitative estimate of drug-likeness (QED) is 0.512. The average Bonchev–Trinajstić information content (AvgIpc) is 3.20. The first-order valence-electron chi connectivity index (χ1n) is 7.78. The number of aryl methyl sites for hydroxylation is 3. The zero-order valence-electron chi connectivity index (χ0n) is 14.6. The summed E-state index contributed by atoms with van der Waals surface area (Å²) in [5, 5.41) is 9.28. The third-order valence-electron chi connectivity index (χ3n) is 3.89. The van der Waals surface area contributed by atoms with Crippen molar-refractivity contribution in [3.63, 3.8) is 0 Å². The Morgan fingerprint density at radius 3 is 2.72 bits per heavy atom. The van der Waals surface area contributed by atoms with Gasteiger partial charge in [-0.25, -0.2) is 0 Å². The molecule has 0 atom stereocenters. The molecule has 2 aromatic heterocycles. The van der Waals surface area contributed by atoms with Crippen LogP contribution >= 0.6 is 11.8 Å². The van der Waals surface area contributed by atoms with Gasteiger partial charge in [-0.2, -0.15) is 0 Å². The highest BCUT2D eigenvalue weighted by molar-refractivity contribution is 7.99. The second-order valence-electron chi connectivity index (χ2n) is 5.69. The molecule has 1 aromatic carbocycles. The number of methoxy groups -OCH3 is 1. The number of hydrogen-bond donors (Lipinski definition) is 0. The molecule has 2 heterocycles. The first-order valence-corrected chi connectivity index (χ1v) is 8.77. The SMILES string of the molecule is COC(=O)CSc1nnc(-c2ccoc2C)n1-c1cc(C)ccc1C. The summed E-state index contributed by atoms with van der Waals surface area (Å²) >= 11 is 1.30. The van der Waals surface area contributed by atoms with Crippen LogP contribution in [0.25, 0.3) is 17.1 Å². The third-order valence-corrected chi connectivity index (χ3v) is 4.79. The van der Waals surface area contributed by atoms with E-state index in [2.05, 4.69) is 28.4 Å². The number of furan rings is 1. The molecule has 0 bridgehead atoms. The van der Waals surface area contributed by atoms with Crippen LogP contribution in [0.5, 0.6) is 0 Å². The number of hydrogen-bond acceptors (Lipinski definition) is 6. The third kappa shape index (κ3) is 3.46. The fourth-order valence-corrected chi connectivity index (χ4v) is 3.29. The summed E-state index contributed by atoms with van der Waals surface area (Å²) in [6.07, 6.45) is 1.63.